The van der Waals surface area contributed by atoms with E-state index in [1.165, 1.54) is 0 Å². The van der Waals surface area contributed by atoms with Crippen molar-refractivity contribution in [1.82, 2.24) is 9.97 Å². The molecule has 3 nitrogen and oxygen atoms in total. The van der Waals surface area contributed by atoms with Crippen molar-refractivity contribution in [1.29, 1.82) is 0 Å². The molecule has 0 aliphatic rings. The smallest absolute Gasteiger partial charge is 0.228 e. The summed E-state index contributed by atoms with van der Waals surface area (Å²) in [7, 11) is 0. The van der Waals surface area contributed by atoms with Crippen molar-refractivity contribution < 1.29 is 4.42 Å². The van der Waals surface area contributed by atoms with E-state index in [0.717, 1.165) is 44.4 Å². The maximum absolute atomic E-state index is 6.23. The Morgan fingerprint density at radius 2 is 1.65 bits per heavy atom. The van der Waals surface area contributed by atoms with Gasteiger partial charge in [0.1, 0.15) is 5.58 Å². The van der Waals surface area contributed by atoms with Crippen molar-refractivity contribution in [3.63, 3.8) is 0 Å². The van der Waals surface area contributed by atoms with Crippen LogP contribution in [0.25, 0.3) is 44.6 Å². The lowest BCUT2D eigenvalue weighted by Crippen LogP contribution is -1.86. The number of furan rings is 1. The summed E-state index contributed by atoms with van der Waals surface area (Å²) >= 11 is 0. The third-order valence-corrected chi connectivity index (χ3v) is 4.68. The van der Waals surface area contributed by atoms with Crippen LogP contribution < -0.4 is 0 Å². The van der Waals surface area contributed by atoms with Crippen molar-refractivity contribution in [3.05, 3.63) is 84.6 Å². The average Bonchev–Trinajstić information content (AvgIpc) is 3.08. The highest BCUT2D eigenvalue weighted by Crippen LogP contribution is 2.37. The van der Waals surface area contributed by atoms with Gasteiger partial charge in [-0.1, -0.05) is 48.5 Å². The molecule has 3 heteroatoms. The van der Waals surface area contributed by atoms with Gasteiger partial charge >= 0.3 is 0 Å². The first-order chi connectivity index (χ1) is 12.8. The molecule has 5 aromatic rings. The van der Waals surface area contributed by atoms with Gasteiger partial charge in [-0.15, -0.1) is 0 Å². The zero-order chi connectivity index (χ0) is 17.5. The Hall–Kier alpha value is -3.46. The number of para-hydroxylation sites is 1. The van der Waals surface area contributed by atoms with Gasteiger partial charge in [-0.25, -0.2) is 4.98 Å². The van der Waals surface area contributed by atoms with Crippen LogP contribution >= 0.6 is 0 Å². The summed E-state index contributed by atoms with van der Waals surface area (Å²) in [5.41, 5.74) is 6.56. The van der Waals surface area contributed by atoms with Crippen molar-refractivity contribution >= 4 is 22.1 Å². The van der Waals surface area contributed by atoms with Crippen molar-refractivity contribution in [2.24, 2.45) is 0 Å². The molecule has 5 rings (SSSR count). The van der Waals surface area contributed by atoms with Gasteiger partial charge in [-0.05, 0) is 36.8 Å². The highest BCUT2D eigenvalue weighted by Gasteiger charge is 2.16. The Labute approximate surface area is 151 Å². The molecule has 0 fully saturated rings. The zero-order valence-corrected chi connectivity index (χ0v) is 14.3. The van der Waals surface area contributed by atoms with E-state index in [0.29, 0.717) is 5.71 Å². The highest BCUT2D eigenvalue weighted by molar-refractivity contribution is 6.10. The highest BCUT2D eigenvalue weighted by atomic mass is 16.3. The predicted octanol–water partition coefficient (Wildman–Crippen LogP) is 6.02. The van der Waals surface area contributed by atoms with Crippen LogP contribution in [0.3, 0.4) is 0 Å². The van der Waals surface area contributed by atoms with E-state index in [1.54, 1.807) is 6.20 Å². The minimum atomic E-state index is 0.669. The fraction of sp³-hybridized carbons (Fsp3) is 0.0435. The SMILES string of the molecule is Cc1cc(-c2ccccc2)nc2oc3c(-c4ccccn4)cccc3c12. The van der Waals surface area contributed by atoms with Crippen LogP contribution in [0.5, 0.6) is 0 Å². The second-order valence-electron chi connectivity index (χ2n) is 6.37. The van der Waals surface area contributed by atoms with E-state index in [1.807, 2.05) is 48.5 Å². The maximum Gasteiger partial charge on any atom is 0.228 e. The third kappa shape index (κ3) is 2.29. The van der Waals surface area contributed by atoms with E-state index in [9.17, 15) is 0 Å². The first kappa shape index (κ1) is 14.8. The minimum absolute atomic E-state index is 0.669. The summed E-state index contributed by atoms with van der Waals surface area (Å²) in [6.45, 7) is 2.11. The molecule has 2 aromatic carbocycles. The summed E-state index contributed by atoms with van der Waals surface area (Å²) in [6, 6.07) is 24.4. The third-order valence-electron chi connectivity index (χ3n) is 4.68. The second kappa shape index (κ2) is 5.81. The molecule has 0 bridgehead atoms. The van der Waals surface area contributed by atoms with Crippen LogP contribution in [0.2, 0.25) is 0 Å². The number of fused-ring (bicyclic) bond motifs is 3. The average molecular weight is 336 g/mol. The first-order valence-electron chi connectivity index (χ1n) is 8.61. The van der Waals surface area contributed by atoms with Gasteiger partial charge in [-0.3, -0.25) is 4.98 Å². The van der Waals surface area contributed by atoms with Gasteiger partial charge in [0.05, 0.1) is 16.8 Å². The van der Waals surface area contributed by atoms with E-state index in [2.05, 4.69) is 36.2 Å². The molecule has 3 aromatic heterocycles. The fourth-order valence-corrected chi connectivity index (χ4v) is 3.47. The van der Waals surface area contributed by atoms with E-state index in [-0.39, 0.29) is 0 Å². The summed E-state index contributed by atoms with van der Waals surface area (Å²) in [6.07, 6.45) is 1.80. The molecule has 0 aliphatic heterocycles. The molecule has 0 unspecified atom stereocenters. The van der Waals surface area contributed by atoms with Gasteiger partial charge in [0.25, 0.3) is 0 Å². The lowest BCUT2D eigenvalue weighted by Gasteiger charge is -2.03. The Morgan fingerprint density at radius 1 is 0.808 bits per heavy atom. The summed E-state index contributed by atoms with van der Waals surface area (Å²) in [5, 5.41) is 2.14. The largest absolute Gasteiger partial charge is 0.437 e. The van der Waals surface area contributed by atoms with Crippen LogP contribution in [-0.2, 0) is 0 Å². The van der Waals surface area contributed by atoms with Crippen molar-refractivity contribution in [2.45, 2.75) is 6.92 Å². The quantitative estimate of drug-likeness (QED) is 0.396. The number of pyridine rings is 2. The monoisotopic (exact) mass is 336 g/mol. The number of hydrogen-bond donors (Lipinski definition) is 0. The molecule has 0 spiro atoms. The Kier molecular flexibility index (Phi) is 3.32. The van der Waals surface area contributed by atoms with Crippen LogP contribution in [0.1, 0.15) is 5.56 Å². The number of nitrogens with zero attached hydrogens (tertiary/aromatic N) is 2. The molecule has 0 saturated heterocycles. The van der Waals surface area contributed by atoms with Crippen LogP contribution in [0.4, 0.5) is 0 Å². The molecule has 3 heterocycles. The van der Waals surface area contributed by atoms with Crippen molar-refractivity contribution in [2.75, 3.05) is 0 Å². The molecule has 26 heavy (non-hydrogen) atoms. The molecule has 0 saturated carbocycles. The molecule has 0 N–H and O–H groups in total. The van der Waals surface area contributed by atoms with Crippen LogP contribution in [0.15, 0.2) is 83.4 Å². The predicted molar refractivity (Wildman–Crippen MR) is 105 cm³/mol. The molecule has 0 amide bonds. The van der Waals surface area contributed by atoms with Crippen LogP contribution in [-0.4, -0.2) is 9.97 Å². The number of rotatable bonds is 2. The Bertz CT molecular complexity index is 1230. The lowest BCUT2D eigenvalue weighted by atomic mass is 10.0. The number of hydrogen-bond acceptors (Lipinski definition) is 3. The van der Waals surface area contributed by atoms with Gasteiger partial charge in [0.2, 0.25) is 5.71 Å². The number of benzene rings is 2. The Morgan fingerprint density at radius 3 is 2.46 bits per heavy atom. The van der Waals surface area contributed by atoms with Gasteiger partial charge < -0.3 is 4.42 Å². The standard InChI is InChI=1S/C23H16N2O/c1-15-14-20(16-8-3-2-4-9-16)25-23-21(15)18-11-7-10-17(22(18)26-23)19-12-5-6-13-24-19/h2-14H,1H3. The van der Waals surface area contributed by atoms with Gasteiger partial charge in [0.15, 0.2) is 0 Å². The fourth-order valence-electron chi connectivity index (χ4n) is 3.47. The van der Waals surface area contributed by atoms with Crippen molar-refractivity contribution in [3.8, 4) is 22.5 Å². The van der Waals surface area contributed by atoms with E-state index in [4.69, 9.17) is 9.40 Å². The normalized spacial score (nSPS) is 11.3. The Balaban J connectivity index is 1.81. The second-order valence-corrected chi connectivity index (χ2v) is 6.37. The summed E-state index contributed by atoms with van der Waals surface area (Å²) in [5.74, 6) is 0. The summed E-state index contributed by atoms with van der Waals surface area (Å²) < 4.78 is 6.23. The molecule has 0 atom stereocenters. The maximum atomic E-state index is 6.23. The molecular formula is C23H16N2O. The van der Waals surface area contributed by atoms with E-state index >= 15 is 0 Å². The number of aryl methyl sites for hydroxylation is 1. The van der Waals surface area contributed by atoms with Gasteiger partial charge in [0, 0.05) is 22.7 Å². The lowest BCUT2D eigenvalue weighted by molar-refractivity contribution is 0.655. The molecule has 124 valence electrons. The summed E-state index contributed by atoms with van der Waals surface area (Å²) in [4.78, 5) is 9.27. The zero-order valence-electron chi connectivity index (χ0n) is 14.3. The molecule has 0 aliphatic carbocycles. The van der Waals surface area contributed by atoms with E-state index < -0.39 is 0 Å². The van der Waals surface area contributed by atoms with Crippen LogP contribution in [0, 0.1) is 6.92 Å². The van der Waals surface area contributed by atoms with Gasteiger partial charge in [-0.2, -0.15) is 0 Å². The molecule has 0 radical (unpaired) electrons. The number of aromatic nitrogens is 2. The minimum Gasteiger partial charge on any atom is -0.437 e. The first-order valence-corrected chi connectivity index (χ1v) is 8.61. The molecular weight excluding hydrogens is 320 g/mol. The topological polar surface area (TPSA) is 38.9 Å².